The van der Waals surface area contributed by atoms with Crippen molar-refractivity contribution in [3.05, 3.63) is 0 Å². The number of halogens is 1. The molecule has 0 saturated carbocycles. The second kappa shape index (κ2) is 22.5. The molecule has 0 radical (unpaired) electrons. The van der Waals surface area contributed by atoms with Gasteiger partial charge < -0.3 is 0 Å². The van der Waals surface area contributed by atoms with Crippen LogP contribution in [-0.4, -0.2) is 14.9 Å². The van der Waals surface area contributed by atoms with E-state index >= 15 is 0 Å². The minimum Gasteiger partial charge on any atom is -0.137 e. The van der Waals surface area contributed by atoms with Crippen molar-refractivity contribution >= 4 is 62.1 Å². The molecular weight excluding hydrogens is 260 g/mol. The summed E-state index contributed by atoms with van der Waals surface area (Å²) >= 11 is 15.6. The Morgan fingerprint density at radius 1 is 1.09 bits per heavy atom. The molecule has 0 aliphatic heterocycles. The van der Waals surface area contributed by atoms with E-state index in [0.717, 1.165) is 4.86 Å². The second-order valence-electron chi connectivity index (χ2n) is 1.43. The molecule has 0 heterocycles. The average molecular weight is 277 g/mol. The molecule has 0 fully saturated rings. The quantitative estimate of drug-likeness (QED) is 0.398. The highest BCUT2D eigenvalue weighted by Crippen LogP contribution is 1.73. The Kier molecular flexibility index (Phi) is 46.3. The maximum Gasteiger partial charge on any atom is 0.0416 e. The van der Waals surface area contributed by atoms with Crippen LogP contribution in [0.15, 0.2) is 0 Å². The first kappa shape index (κ1) is 22.7. The van der Waals surface area contributed by atoms with Crippen molar-refractivity contribution in [1.82, 2.24) is 0 Å². The van der Waals surface area contributed by atoms with Gasteiger partial charge in [0.2, 0.25) is 0 Å². The molecule has 11 heavy (non-hydrogen) atoms. The molecule has 0 atom stereocenters. The molecule has 70 valence electrons. The summed E-state index contributed by atoms with van der Waals surface area (Å²) in [6, 6.07) is 0. The van der Waals surface area contributed by atoms with E-state index in [-0.39, 0.29) is 7.43 Å². The number of rotatable bonds is 0. The maximum absolute atomic E-state index is 4.54. The molecule has 0 aromatic heterocycles. The van der Waals surface area contributed by atoms with Crippen molar-refractivity contribution in [2.24, 2.45) is 0 Å². The van der Waals surface area contributed by atoms with E-state index in [0.29, 0.717) is 4.20 Å². The van der Waals surface area contributed by atoms with Crippen LogP contribution in [0.4, 0.5) is 0 Å². The lowest BCUT2D eigenvalue weighted by Crippen LogP contribution is -1.63. The van der Waals surface area contributed by atoms with Crippen LogP contribution in [0.25, 0.3) is 0 Å². The Hall–Kier alpha value is 1.01. The molecule has 0 unspecified atom stereocenters. The lowest BCUT2D eigenvalue weighted by Gasteiger charge is -1.61. The highest BCUT2D eigenvalue weighted by Gasteiger charge is 1.57. The lowest BCUT2D eigenvalue weighted by molar-refractivity contribution is 1.85. The van der Waals surface area contributed by atoms with Crippen LogP contribution in [0.3, 0.4) is 0 Å². The van der Waals surface area contributed by atoms with Gasteiger partial charge in [-0.2, -0.15) is 0 Å². The molecule has 0 bridgehead atoms. The third kappa shape index (κ3) is 876. The summed E-state index contributed by atoms with van der Waals surface area (Å²) in [6.45, 7) is 5.56. The van der Waals surface area contributed by atoms with Crippen LogP contribution in [0.1, 0.15) is 28.2 Å². The Morgan fingerprint density at radius 3 is 1.09 bits per heavy atom. The molecule has 0 amide bonds. The van der Waals surface area contributed by atoms with Crippen molar-refractivity contribution in [3.8, 4) is 0 Å². The van der Waals surface area contributed by atoms with Crippen molar-refractivity contribution < 1.29 is 0 Å². The van der Waals surface area contributed by atoms with E-state index in [4.69, 9.17) is 0 Å². The minimum atomic E-state index is 0. The molecule has 0 rings (SSSR count). The van der Waals surface area contributed by atoms with Crippen molar-refractivity contribution in [3.63, 3.8) is 0 Å². The van der Waals surface area contributed by atoms with Crippen LogP contribution in [0.2, 0.25) is 0 Å². The molecule has 0 aliphatic carbocycles. The van der Waals surface area contributed by atoms with Gasteiger partial charge in [-0.3, -0.25) is 0 Å². The van der Waals surface area contributed by atoms with Gasteiger partial charge in [0.1, 0.15) is 0 Å². The standard InChI is InChI=1S/C3H6S.C2H4S2.CH3Br.CH4/c1-3(2)4;1-2(3)4;1-2;/h1-2H3;1H3,(H,3,4);1H3;1H4. The summed E-state index contributed by atoms with van der Waals surface area (Å²) < 4.78 is 0.694. The minimum absolute atomic E-state index is 0. The monoisotopic (exact) mass is 276 g/mol. The van der Waals surface area contributed by atoms with Crippen LogP contribution in [0.5, 0.6) is 0 Å². The van der Waals surface area contributed by atoms with Gasteiger partial charge in [-0.25, -0.2) is 0 Å². The zero-order chi connectivity index (χ0) is 9.15. The topological polar surface area (TPSA) is 0 Å². The van der Waals surface area contributed by atoms with E-state index in [1.165, 1.54) is 0 Å². The number of hydrogen-bond donors (Lipinski definition) is 1. The van der Waals surface area contributed by atoms with Gasteiger partial charge in [0.25, 0.3) is 0 Å². The van der Waals surface area contributed by atoms with E-state index in [2.05, 4.69) is 53.0 Å². The van der Waals surface area contributed by atoms with E-state index in [1.807, 2.05) is 19.7 Å². The van der Waals surface area contributed by atoms with E-state index in [9.17, 15) is 0 Å². The first-order valence-electron chi connectivity index (χ1n) is 2.51. The van der Waals surface area contributed by atoms with Crippen molar-refractivity contribution in [2.45, 2.75) is 28.2 Å². The van der Waals surface area contributed by atoms with Gasteiger partial charge in [-0.15, -0.1) is 12.6 Å². The molecule has 0 N–H and O–H groups in total. The molecule has 0 aliphatic rings. The van der Waals surface area contributed by atoms with Crippen LogP contribution >= 0.6 is 53.0 Å². The zero-order valence-corrected chi connectivity index (χ0v) is 10.8. The summed E-state index contributed by atoms with van der Waals surface area (Å²) in [7, 11) is 0. The van der Waals surface area contributed by atoms with Gasteiger partial charge in [-0.1, -0.05) is 47.8 Å². The number of alkyl halides is 1. The zero-order valence-electron chi connectivity index (χ0n) is 6.64. The molecule has 4 heteroatoms. The van der Waals surface area contributed by atoms with Gasteiger partial charge >= 0.3 is 0 Å². The molecule has 0 saturated heterocycles. The van der Waals surface area contributed by atoms with Crippen LogP contribution in [-0.2, 0) is 0 Å². The van der Waals surface area contributed by atoms with E-state index < -0.39 is 0 Å². The summed E-state index contributed by atoms with van der Waals surface area (Å²) in [5.74, 6) is 1.81. The van der Waals surface area contributed by atoms with Crippen LogP contribution in [0, 0.1) is 0 Å². The summed E-state index contributed by atoms with van der Waals surface area (Å²) in [5, 5.41) is 0. The fourth-order valence-corrected chi connectivity index (χ4v) is 0. The molecular formula is C7H17BrS3. The van der Waals surface area contributed by atoms with E-state index in [1.54, 1.807) is 6.92 Å². The molecule has 0 aromatic rings. The van der Waals surface area contributed by atoms with Crippen LogP contribution < -0.4 is 0 Å². The summed E-state index contributed by atoms with van der Waals surface area (Å²) in [5.41, 5.74) is 0. The third-order valence-corrected chi connectivity index (χ3v) is 0. The Labute approximate surface area is 95.7 Å². The first-order chi connectivity index (χ1) is 4.46. The first-order valence-corrected chi connectivity index (χ1v) is 5.36. The Balaban J connectivity index is -0.0000000339. The smallest absolute Gasteiger partial charge is 0.0416 e. The molecule has 0 nitrogen and oxygen atoms in total. The maximum atomic E-state index is 4.54. The number of hydrogen-bond acceptors (Lipinski definition) is 2. The average Bonchev–Trinajstić information content (AvgIpc) is 1.66. The van der Waals surface area contributed by atoms with Crippen molar-refractivity contribution in [1.29, 1.82) is 0 Å². The normalized spacial score (nSPS) is 5.27. The van der Waals surface area contributed by atoms with Gasteiger partial charge in [0.15, 0.2) is 0 Å². The predicted octanol–water partition coefficient (Wildman–Crippen LogP) is 4.31. The summed E-state index contributed by atoms with van der Waals surface area (Å²) in [4.78, 5) is 1.00. The Bertz CT molecular complexity index is 71.7. The molecule has 0 spiro atoms. The fourth-order valence-electron chi connectivity index (χ4n) is 0. The number of thiocarbonyl (C=S) groups is 2. The Morgan fingerprint density at radius 2 is 1.09 bits per heavy atom. The fraction of sp³-hybridized carbons (Fsp3) is 0.714. The highest BCUT2D eigenvalue weighted by molar-refractivity contribution is 9.08. The SMILES string of the molecule is C.CBr.CC(=S)S.CC(C)=S. The van der Waals surface area contributed by atoms with Gasteiger partial charge in [0.05, 0.1) is 0 Å². The van der Waals surface area contributed by atoms with Crippen molar-refractivity contribution in [2.75, 3.05) is 5.83 Å². The summed E-state index contributed by atoms with van der Waals surface area (Å²) in [6.07, 6.45) is 0. The predicted molar refractivity (Wildman–Crippen MR) is 72.8 cm³/mol. The molecule has 0 aromatic carbocycles. The number of thiol groups is 1. The lowest BCUT2D eigenvalue weighted by atomic mass is 10.6. The van der Waals surface area contributed by atoms with Gasteiger partial charge in [0, 0.05) is 4.20 Å². The third-order valence-electron chi connectivity index (χ3n) is 0. The second-order valence-corrected chi connectivity index (χ2v) is 3.83. The van der Waals surface area contributed by atoms with Gasteiger partial charge in [-0.05, 0) is 31.5 Å². The highest BCUT2D eigenvalue weighted by atomic mass is 79.9. The largest absolute Gasteiger partial charge is 0.137 e.